The standard InChI is InChI=1S/C18H13ClF5NO4S/c1-8-10(4-15(27)28)11-3-14(26)12(19)5-13(11)25(8)6-9-2-16(30-7-9)29-18(23,24)17(20,21)22/h2-3,5,7,26H,4,6H2,1H3,(H,27,28). The van der Waals surface area contributed by atoms with Crippen molar-refractivity contribution in [2.24, 2.45) is 0 Å². The van der Waals surface area contributed by atoms with Crippen LogP contribution in [0.4, 0.5) is 22.0 Å². The number of alkyl halides is 5. The molecule has 0 saturated carbocycles. The van der Waals surface area contributed by atoms with Crippen LogP contribution in [-0.2, 0) is 17.8 Å². The molecule has 0 amide bonds. The van der Waals surface area contributed by atoms with Gasteiger partial charge in [0.1, 0.15) is 5.75 Å². The number of phenolic OH excluding ortho intramolecular Hbond substituents is 1. The summed E-state index contributed by atoms with van der Waals surface area (Å²) in [5, 5.41) is 20.2. The van der Waals surface area contributed by atoms with E-state index in [0.717, 1.165) is 6.07 Å². The van der Waals surface area contributed by atoms with Crippen LogP contribution in [-0.4, -0.2) is 33.0 Å². The van der Waals surface area contributed by atoms with E-state index in [1.165, 1.54) is 17.5 Å². The molecule has 2 aromatic heterocycles. The summed E-state index contributed by atoms with van der Waals surface area (Å²) in [6.45, 7) is 1.66. The normalized spacial score (nSPS) is 12.5. The van der Waals surface area contributed by atoms with E-state index in [-0.39, 0.29) is 23.7 Å². The van der Waals surface area contributed by atoms with Gasteiger partial charge in [0.05, 0.1) is 17.0 Å². The molecule has 12 heteroatoms. The van der Waals surface area contributed by atoms with Gasteiger partial charge in [-0.05, 0) is 41.6 Å². The Morgan fingerprint density at radius 3 is 2.50 bits per heavy atom. The van der Waals surface area contributed by atoms with E-state index >= 15 is 0 Å². The lowest BCUT2D eigenvalue weighted by molar-refractivity contribution is -0.359. The van der Waals surface area contributed by atoms with Crippen LogP contribution in [0.5, 0.6) is 10.8 Å². The Morgan fingerprint density at radius 1 is 1.23 bits per heavy atom. The Hall–Kier alpha value is -2.53. The van der Waals surface area contributed by atoms with Gasteiger partial charge in [-0.15, -0.1) is 11.3 Å². The van der Waals surface area contributed by atoms with Crippen LogP contribution in [0.1, 0.15) is 16.8 Å². The summed E-state index contributed by atoms with van der Waals surface area (Å²) < 4.78 is 68.6. The number of nitrogens with zero attached hydrogens (tertiary/aromatic N) is 1. The second-order valence-electron chi connectivity index (χ2n) is 6.43. The van der Waals surface area contributed by atoms with Gasteiger partial charge in [-0.2, -0.15) is 22.0 Å². The minimum atomic E-state index is -5.85. The minimum Gasteiger partial charge on any atom is -0.506 e. The molecule has 0 saturated heterocycles. The predicted molar refractivity (Wildman–Crippen MR) is 99.7 cm³/mol. The van der Waals surface area contributed by atoms with Gasteiger partial charge in [0, 0.05) is 17.6 Å². The van der Waals surface area contributed by atoms with Gasteiger partial charge in [-0.1, -0.05) is 11.6 Å². The lowest BCUT2D eigenvalue weighted by atomic mass is 10.1. The predicted octanol–water partition coefficient (Wildman–Crippen LogP) is 5.58. The van der Waals surface area contributed by atoms with E-state index in [0.29, 0.717) is 39.1 Å². The number of halogens is 6. The zero-order valence-electron chi connectivity index (χ0n) is 15.1. The van der Waals surface area contributed by atoms with Gasteiger partial charge < -0.3 is 19.5 Å². The number of rotatable bonds is 6. The number of carboxylic acid groups (broad SMARTS) is 1. The number of aromatic nitrogens is 1. The molecule has 0 aliphatic heterocycles. The highest BCUT2D eigenvalue weighted by Crippen LogP contribution is 2.40. The van der Waals surface area contributed by atoms with Crippen LogP contribution in [0.25, 0.3) is 10.9 Å². The molecule has 0 bridgehead atoms. The average molecular weight is 470 g/mol. The number of carboxylic acids is 1. The number of hydrogen-bond donors (Lipinski definition) is 2. The Bertz CT molecular complexity index is 1120. The number of hydrogen-bond acceptors (Lipinski definition) is 4. The number of aromatic hydroxyl groups is 1. The highest BCUT2D eigenvalue weighted by molar-refractivity contribution is 7.12. The van der Waals surface area contributed by atoms with E-state index in [9.17, 15) is 37.0 Å². The lowest BCUT2D eigenvalue weighted by Gasteiger charge is -2.18. The fourth-order valence-corrected chi connectivity index (χ4v) is 3.93. The number of ether oxygens (including phenoxy) is 1. The molecule has 0 aliphatic carbocycles. The topological polar surface area (TPSA) is 71.7 Å². The number of fused-ring (bicyclic) bond motifs is 1. The molecule has 0 spiro atoms. The molecule has 0 unspecified atom stereocenters. The molecule has 0 atom stereocenters. The van der Waals surface area contributed by atoms with Crippen molar-refractivity contribution in [1.29, 1.82) is 0 Å². The molecule has 3 aromatic rings. The molecule has 0 radical (unpaired) electrons. The molecular weight excluding hydrogens is 457 g/mol. The highest BCUT2D eigenvalue weighted by Gasteiger charge is 2.61. The molecule has 5 nitrogen and oxygen atoms in total. The maximum Gasteiger partial charge on any atom is 0.499 e. The molecule has 1 aromatic carbocycles. The number of carbonyl (C=O) groups is 1. The Morgan fingerprint density at radius 2 is 1.90 bits per heavy atom. The molecule has 162 valence electrons. The molecule has 2 N–H and O–H groups in total. The fourth-order valence-electron chi connectivity index (χ4n) is 2.99. The smallest absolute Gasteiger partial charge is 0.499 e. The van der Waals surface area contributed by atoms with Crippen molar-refractivity contribution in [1.82, 2.24) is 4.57 Å². The van der Waals surface area contributed by atoms with Crippen molar-refractivity contribution in [2.75, 3.05) is 0 Å². The van der Waals surface area contributed by atoms with Crippen molar-refractivity contribution in [3.63, 3.8) is 0 Å². The van der Waals surface area contributed by atoms with E-state index < -0.39 is 23.3 Å². The summed E-state index contributed by atoms with van der Waals surface area (Å²) in [7, 11) is 0. The van der Waals surface area contributed by atoms with Crippen LogP contribution in [0, 0.1) is 6.92 Å². The van der Waals surface area contributed by atoms with E-state index in [1.807, 2.05) is 0 Å². The number of benzene rings is 1. The third-order valence-corrected chi connectivity index (χ3v) is 5.54. The molecule has 0 fully saturated rings. The van der Waals surface area contributed by atoms with Gasteiger partial charge >= 0.3 is 18.3 Å². The summed E-state index contributed by atoms with van der Waals surface area (Å²) >= 11 is 6.53. The SMILES string of the molecule is Cc1c(CC(=O)O)c2cc(O)c(Cl)cc2n1Cc1csc(OC(F)(F)C(F)(F)F)c1. The average Bonchev–Trinajstić information content (AvgIpc) is 3.13. The first-order valence-corrected chi connectivity index (χ1v) is 9.49. The number of thiophene rings is 1. The van der Waals surface area contributed by atoms with Crippen LogP contribution in [0.3, 0.4) is 0 Å². The Balaban J connectivity index is 1.99. The summed E-state index contributed by atoms with van der Waals surface area (Å²) in [5.41, 5.74) is 1.77. The summed E-state index contributed by atoms with van der Waals surface area (Å²) in [6, 6.07) is 3.80. The van der Waals surface area contributed by atoms with Gasteiger partial charge in [0.25, 0.3) is 0 Å². The largest absolute Gasteiger partial charge is 0.506 e. The summed E-state index contributed by atoms with van der Waals surface area (Å²) in [6.07, 6.45) is -11.5. The van der Waals surface area contributed by atoms with Gasteiger partial charge in [0.15, 0.2) is 5.06 Å². The second-order valence-corrected chi connectivity index (χ2v) is 7.71. The zero-order valence-corrected chi connectivity index (χ0v) is 16.6. The van der Waals surface area contributed by atoms with Gasteiger partial charge in [-0.3, -0.25) is 4.79 Å². The Kier molecular flexibility index (Phi) is 5.63. The van der Waals surface area contributed by atoms with Crippen LogP contribution in [0.2, 0.25) is 5.02 Å². The van der Waals surface area contributed by atoms with Crippen LogP contribution >= 0.6 is 22.9 Å². The fraction of sp³-hybridized carbons (Fsp3) is 0.278. The molecule has 0 aliphatic rings. The lowest BCUT2D eigenvalue weighted by Crippen LogP contribution is -2.41. The summed E-state index contributed by atoms with van der Waals surface area (Å²) in [5.74, 6) is -1.35. The van der Waals surface area contributed by atoms with E-state index in [4.69, 9.17) is 11.6 Å². The summed E-state index contributed by atoms with van der Waals surface area (Å²) in [4.78, 5) is 11.2. The quantitative estimate of drug-likeness (QED) is 0.462. The van der Waals surface area contributed by atoms with Gasteiger partial charge in [0.2, 0.25) is 0 Å². The Labute approximate surface area is 174 Å². The van der Waals surface area contributed by atoms with Crippen molar-refractivity contribution in [3.05, 3.63) is 45.4 Å². The highest BCUT2D eigenvalue weighted by atomic mass is 35.5. The van der Waals surface area contributed by atoms with E-state index in [1.54, 1.807) is 11.5 Å². The molecular formula is C18H13ClF5NO4S. The maximum absolute atomic E-state index is 13.1. The van der Waals surface area contributed by atoms with Crippen LogP contribution in [0.15, 0.2) is 23.6 Å². The molecule has 2 heterocycles. The minimum absolute atomic E-state index is 0.0160. The van der Waals surface area contributed by atoms with Crippen LogP contribution < -0.4 is 4.74 Å². The maximum atomic E-state index is 13.1. The number of aliphatic carboxylic acids is 1. The van der Waals surface area contributed by atoms with Crippen molar-refractivity contribution >= 4 is 39.8 Å². The monoisotopic (exact) mass is 469 g/mol. The van der Waals surface area contributed by atoms with Gasteiger partial charge in [-0.25, -0.2) is 0 Å². The first kappa shape index (κ1) is 22.2. The van der Waals surface area contributed by atoms with E-state index in [2.05, 4.69) is 4.74 Å². The molecule has 30 heavy (non-hydrogen) atoms. The van der Waals surface area contributed by atoms with Crippen molar-refractivity contribution in [2.45, 2.75) is 32.2 Å². The van der Waals surface area contributed by atoms with Crippen molar-refractivity contribution < 1.29 is 41.7 Å². The van der Waals surface area contributed by atoms with Crippen molar-refractivity contribution in [3.8, 4) is 10.8 Å². The third-order valence-electron chi connectivity index (χ3n) is 4.38. The zero-order chi connectivity index (χ0) is 22.4. The number of phenols is 1. The first-order chi connectivity index (χ1) is 13.8. The second kappa shape index (κ2) is 7.62. The first-order valence-electron chi connectivity index (χ1n) is 8.23. The molecule has 3 rings (SSSR count). The third kappa shape index (κ3) is 4.17.